The molecule has 1 aromatic heterocycles. The molecule has 4 nitrogen and oxygen atoms in total. The first-order valence-corrected chi connectivity index (χ1v) is 9.28. The van der Waals surface area contributed by atoms with Crippen molar-refractivity contribution in [3.8, 4) is 0 Å². The molecule has 1 heterocycles. The molecule has 0 aromatic carbocycles. The molecule has 1 aromatic rings. The van der Waals surface area contributed by atoms with E-state index in [1.807, 2.05) is 19.1 Å². The average Bonchev–Trinajstić information content (AvgIpc) is 3.08. The second-order valence-electron chi connectivity index (χ2n) is 7.03. The van der Waals surface area contributed by atoms with Gasteiger partial charge >= 0.3 is 29.6 Å². The summed E-state index contributed by atoms with van der Waals surface area (Å²) in [5, 5.41) is 19.8. The van der Waals surface area contributed by atoms with Gasteiger partial charge in [-0.1, -0.05) is 42.4 Å². The van der Waals surface area contributed by atoms with Crippen molar-refractivity contribution in [1.29, 1.82) is 0 Å². The normalized spacial score (nSPS) is 14.8. The van der Waals surface area contributed by atoms with E-state index in [2.05, 4.69) is 32.1 Å². The predicted octanol–water partition coefficient (Wildman–Crippen LogP) is 0.972. The first-order chi connectivity index (χ1) is 12.4. The van der Waals surface area contributed by atoms with Crippen LogP contribution in [0.1, 0.15) is 58.4 Å². The van der Waals surface area contributed by atoms with E-state index in [9.17, 15) is 15.0 Å². The molecule has 0 aliphatic carbocycles. The summed E-state index contributed by atoms with van der Waals surface area (Å²) < 4.78 is 5.07. The van der Waals surface area contributed by atoms with Gasteiger partial charge in [-0.3, -0.25) is 0 Å². The van der Waals surface area contributed by atoms with Crippen molar-refractivity contribution in [3.05, 3.63) is 59.6 Å². The number of carboxylic acid groups (broad SMARTS) is 1. The Kier molecular flexibility index (Phi) is 14.3. The molecule has 0 saturated heterocycles. The maximum absolute atomic E-state index is 10.5. The fourth-order valence-corrected chi connectivity index (χ4v) is 2.66. The Morgan fingerprint density at radius 1 is 1.33 bits per heavy atom. The number of carbonyl (C=O) groups excluding carboxylic acids is 1. The van der Waals surface area contributed by atoms with Crippen LogP contribution in [0.2, 0.25) is 0 Å². The Labute approximate surface area is 185 Å². The van der Waals surface area contributed by atoms with Gasteiger partial charge in [-0.2, -0.15) is 0 Å². The summed E-state index contributed by atoms with van der Waals surface area (Å²) in [6, 6.07) is 2.01. The Morgan fingerprint density at radius 2 is 2.07 bits per heavy atom. The van der Waals surface area contributed by atoms with Crippen LogP contribution in [0.3, 0.4) is 0 Å². The summed E-state index contributed by atoms with van der Waals surface area (Å²) in [5.41, 5.74) is 3.49. The number of carboxylic acids is 1. The minimum Gasteiger partial charge on any atom is -0.547 e. The zero-order valence-electron chi connectivity index (χ0n) is 17.1. The fraction of sp³-hybridized carbons (Fsp3) is 0.500. The monoisotopic (exact) mass is 382 g/mol. The summed E-state index contributed by atoms with van der Waals surface area (Å²) in [6.45, 7) is 6.15. The molecule has 144 valence electrons. The largest absolute Gasteiger partial charge is 1.00 e. The molecule has 0 radical (unpaired) electrons. The third-order valence-corrected chi connectivity index (χ3v) is 4.34. The van der Waals surface area contributed by atoms with Crippen LogP contribution in [0, 0.1) is 5.92 Å². The third kappa shape index (κ3) is 12.9. The van der Waals surface area contributed by atoms with Crippen molar-refractivity contribution < 1.29 is 49.0 Å². The first-order valence-electron chi connectivity index (χ1n) is 9.28. The molecule has 0 amide bonds. The van der Waals surface area contributed by atoms with Gasteiger partial charge in [0.2, 0.25) is 0 Å². The SMILES string of the molecule is C/C(=C/CCC(C)/C=C/C=C(\C)CCCc1ccoc1)CC(O)C(=O)[O-].[Na+]. The van der Waals surface area contributed by atoms with E-state index in [1.165, 1.54) is 11.1 Å². The van der Waals surface area contributed by atoms with Gasteiger partial charge < -0.3 is 19.4 Å². The standard InChI is InChI=1S/C22H32O4.Na/c1-17(9-5-11-19(3)15-21(23)22(24)25)7-4-8-18(2)10-6-12-20-13-14-26-16-20;/h4,7-8,11,13-14,16-17,21,23H,5-6,9-10,12,15H2,1-3H3,(H,24,25);/q;+1/p-1/b7-4+,18-8+,19-11-;. The van der Waals surface area contributed by atoms with Crippen molar-refractivity contribution in [2.75, 3.05) is 0 Å². The molecule has 2 atom stereocenters. The van der Waals surface area contributed by atoms with Crippen molar-refractivity contribution in [2.45, 2.75) is 65.4 Å². The Hall–Kier alpha value is -1.07. The zero-order valence-corrected chi connectivity index (χ0v) is 19.1. The number of rotatable bonds is 12. The quantitative estimate of drug-likeness (QED) is 0.332. The third-order valence-electron chi connectivity index (χ3n) is 4.34. The van der Waals surface area contributed by atoms with Crippen LogP contribution in [-0.4, -0.2) is 17.2 Å². The summed E-state index contributed by atoms with van der Waals surface area (Å²) in [7, 11) is 0. The van der Waals surface area contributed by atoms with E-state index in [1.54, 1.807) is 12.5 Å². The molecule has 1 N–H and O–H groups in total. The molecular formula is C22H31NaO4. The molecule has 0 fully saturated rings. The van der Waals surface area contributed by atoms with E-state index in [0.29, 0.717) is 5.92 Å². The predicted molar refractivity (Wildman–Crippen MR) is 102 cm³/mol. The zero-order chi connectivity index (χ0) is 19.4. The summed E-state index contributed by atoms with van der Waals surface area (Å²) in [6.07, 6.45) is 15.8. The van der Waals surface area contributed by atoms with Gasteiger partial charge in [-0.05, 0) is 69.9 Å². The van der Waals surface area contributed by atoms with Crippen LogP contribution in [0.4, 0.5) is 0 Å². The van der Waals surface area contributed by atoms with Crippen LogP contribution in [0.5, 0.6) is 0 Å². The number of aliphatic carboxylic acids is 1. The molecular weight excluding hydrogens is 351 g/mol. The second kappa shape index (κ2) is 14.9. The van der Waals surface area contributed by atoms with E-state index in [4.69, 9.17) is 4.42 Å². The number of allylic oxidation sites excluding steroid dienone is 5. The van der Waals surface area contributed by atoms with Crippen LogP contribution in [0.25, 0.3) is 0 Å². The van der Waals surface area contributed by atoms with E-state index in [-0.39, 0.29) is 36.0 Å². The van der Waals surface area contributed by atoms with Gasteiger partial charge in [0.1, 0.15) is 0 Å². The number of hydrogen-bond acceptors (Lipinski definition) is 4. The molecule has 27 heavy (non-hydrogen) atoms. The maximum atomic E-state index is 10.5. The molecule has 2 unspecified atom stereocenters. The van der Waals surface area contributed by atoms with Crippen LogP contribution >= 0.6 is 0 Å². The molecule has 0 saturated carbocycles. The van der Waals surface area contributed by atoms with Gasteiger partial charge in [0.15, 0.2) is 0 Å². The molecule has 0 aliphatic rings. The van der Waals surface area contributed by atoms with Crippen molar-refractivity contribution >= 4 is 5.97 Å². The Morgan fingerprint density at radius 3 is 2.70 bits per heavy atom. The van der Waals surface area contributed by atoms with Crippen molar-refractivity contribution in [1.82, 2.24) is 0 Å². The number of aliphatic hydroxyl groups is 1. The van der Waals surface area contributed by atoms with Gasteiger partial charge in [-0.25, -0.2) is 0 Å². The van der Waals surface area contributed by atoms with Crippen molar-refractivity contribution in [3.63, 3.8) is 0 Å². The minimum absolute atomic E-state index is 0. The molecule has 0 bridgehead atoms. The number of furan rings is 1. The second-order valence-corrected chi connectivity index (χ2v) is 7.03. The van der Waals surface area contributed by atoms with Gasteiger partial charge in [0, 0.05) is 0 Å². The van der Waals surface area contributed by atoms with Crippen LogP contribution in [-0.2, 0) is 11.2 Å². The Bertz CT molecular complexity index is 614. The van der Waals surface area contributed by atoms with Gasteiger partial charge in [0.05, 0.1) is 24.6 Å². The first kappa shape index (κ1) is 25.9. The number of carbonyl (C=O) groups is 1. The molecule has 5 heteroatoms. The molecule has 0 aliphatic heterocycles. The number of aryl methyl sites for hydroxylation is 1. The minimum atomic E-state index is -1.42. The Balaban J connectivity index is 0.00000676. The topological polar surface area (TPSA) is 73.5 Å². The fourth-order valence-electron chi connectivity index (χ4n) is 2.66. The summed E-state index contributed by atoms with van der Waals surface area (Å²) >= 11 is 0. The van der Waals surface area contributed by atoms with E-state index in [0.717, 1.165) is 37.7 Å². The summed E-state index contributed by atoms with van der Waals surface area (Å²) in [4.78, 5) is 10.5. The van der Waals surface area contributed by atoms with Crippen LogP contribution in [0.15, 0.2) is 58.5 Å². The van der Waals surface area contributed by atoms with Crippen molar-refractivity contribution in [2.24, 2.45) is 5.92 Å². The molecule has 0 spiro atoms. The average molecular weight is 382 g/mol. The molecule has 1 rings (SSSR count). The number of aliphatic hydroxyl groups excluding tert-OH is 1. The van der Waals surface area contributed by atoms with Crippen LogP contribution < -0.4 is 34.7 Å². The smallest absolute Gasteiger partial charge is 0.547 e. The number of hydrogen-bond donors (Lipinski definition) is 1. The van der Waals surface area contributed by atoms with Gasteiger partial charge in [-0.15, -0.1) is 0 Å². The van der Waals surface area contributed by atoms with E-state index >= 15 is 0 Å². The summed E-state index contributed by atoms with van der Waals surface area (Å²) in [5.74, 6) is -0.971. The van der Waals surface area contributed by atoms with E-state index < -0.39 is 12.1 Å². The maximum Gasteiger partial charge on any atom is 1.00 e. The van der Waals surface area contributed by atoms with Gasteiger partial charge in [0.25, 0.3) is 0 Å².